The van der Waals surface area contributed by atoms with Crippen LogP contribution in [0, 0.1) is 12.7 Å². The SMILES string of the molecule is Cc1ccc(C(=O)N2CCC(c3cccc(F)c3)CC2)cc1NS(C)(=O)=O. The number of nitrogens with zero attached hydrogens (tertiary/aromatic N) is 1. The monoisotopic (exact) mass is 390 g/mol. The summed E-state index contributed by atoms with van der Waals surface area (Å²) in [6, 6.07) is 11.7. The highest BCUT2D eigenvalue weighted by molar-refractivity contribution is 7.92. The van der Waals surface area contributed by atoms with Gasteiger partial charge in [0.25, 0.3) is 5.91 Å². The molecule has 27 heavy (non-hydrogen) atoms. The molecular formula is C20H23FN2O3S. The molecule has 1 aliphatic heterocycles. The molecule has 3 rings (SSSR count). The van der Waals surface area contributed by atoms with E-state index < -0.39 is 10.0 Å². The second-order valence-corrected chi connectivity index (χ2v) is 8.77. The Morgan fingerprint density at radius 2 is 1.85 bits per heavy atom. The Hall–Kier alpha value is -2.41. The average Bonchev–Trinajstić information content (AvgIpc) is 2.62. The summed E-state index contributed by atoms with van der Waals surface area (Å²) in [5.74, 6) is -0.119. The van der Waals surface area contributed by atoms with Crippen LogP contribution in [-0.2, 0) is 10.0 Å². The zero-order valence-electron chi connectivity index (χ0n) is 15.4. The number of anilines is 1. The van der Waals surface area contributed by atoms with E-state index in [1.807, 2.05) is 6.07 Å². The van der Waals surface area contributed by atoms with E-state index in [1.165, 1.54) is 6.07 Å². The average molecular weight is 390 g/mol. The van der Waals surface area contributed by atoms with Gasteiger partial charge < -0.3 is 4.90 Å². The first kappa shape index (κ1) is 19.4. The number of carbonyl (C=O) groups excluding carboxylic acids is 1. The summed E-state index contributed by atoms with van der Waals surface area (Å²) in [5.41, 5.74) is 2.59. The molecule has 0 radical (unpaired) electrons. The molecule has 1 fully saturated rings. The first-order chi connectivity index (χ1) is 12.7. The number of hydrogen-bond acceptors (Lipinski definition) is 3. The van der Waals surface area contributed by atoms with E-state index in [-0.39, 0.29) is 17.6 Å². The number of aryl methyl sites for hydroxylation is 1. The summed E-state index contributed by atoms with van der Waals surface area (Å²) in [7, 11) is -3.41. The predicted molar refractivity (Wildman–Crippen MR) is 104 cm³/mol. The van der Waals surface area contributed by atoms with Crippen molar-refractivity contribution >= 4 is 21.6 Å². The molecule has 1 N–H and O–H groups in total. The molecule has 7 heteroatoms. The lowest BCUT2D eigenvalue weighted by atomic mass is 9.89. The van der Waals surface area contributed by atoms with Crippen LogP contribution >= 0.6 is 0 Å². The molecule has 144 valence electrons. The van der Waals surface area contributed by atoms with Gasteiger partial charge in [-0.15, -0.1) is 0 Å². The Bertz CT molecular complexity index is 951. The highest BCUT2D eigenvalue weighted by Crippen LogP contribution is 2.29. The number of rotatable bonds is 4. The van der Waals surface area contributed by atoms with Crippen LogP contribution in [0.25, 0.3) is 0 Å². The van der Waals surface area contributed by atoms with E-state index in [0.29, 0.717) is 24.3 Å². The van der Waals surface area contributed by atoms with Crippen molar-refractivity contribution in [3.8, 4) is 0 Å². The van der Waals surface area contributed by atoms with Gasteiger partial charge in [-0.2, -0.15) is 0 Å². The molecule has 1 amide bonds. The molecule has 1 aliphatic rings. The summed E-state index contributed by atoms with van der Waals surface area (Å²) < 4.78 is 38.9. The summed E-state index contributed by atoms with van der Waals surface area (Å²) in [6.07, 6.45) is 2.63. The summed E-state index contributed by atoms with van der Waals surface area (Å²) in [4.78, 5) is 14.6. The van der Waals surface area contributed by atoms with Gasteiger partial charge in [0, 0.05) is 18.7 Å². The van der Waals surface area contributed by atoms with Crippen molar-refractivity contribution in [2.75, 3.05) is 24.1 Å². The second-order valence-electron chi connectivity index (χ2n) is 7.03. The molecule has 1 saturated heterocycles. The lowest BCUT2D eigenvalue weighted by molar-refractivity contribution is 0.0713. The molecule has 0 unspecified atom stereocenters. The topological polar surface area (TPSA) is 66.5 Å². The van der Waals surface area contributed by atoms with Crippen LogP contribution in [0.2, 0.25) is 0 Å². The van der Waals surface area contributed by atoms with Gasteiger partial charge in [-0.3, -0.25) is 9.52 Å². The number of amides is 1. The normalized spacial score (nSPS) is 15.6. The van der Waals surface area contributed by atoms with Crippen LogP contribution in [-0.4, -0.2) is 38.6 Å². The van der Waals surface area contributed by atoms with Crippen LogP contribution in [0.5, 0.6) is 0 Å². The van der Waals surface area contributed by atoms with E-state index >= 15 is 0 Å². The van der Waals surface area contributed by atoms with Crippen LogP contribution in [0.15, 0.2) is 42.5 Å². The number of benzene rings is 2. The zero-order valence-corrected chi connectivity index (χ0v) is 16.2. The van der Waals surface area contributed by atoms with Gasteiger partial charge in [-0.25, -0.2) is 12.8 Å². The number of halogens is 1. The molecular weight excluding hydrogens is 367 g/mol. The van der Waals surface area contributed by atoms with Crippen molar-refractivity contribution < 1.29 is 17.6 Å². The van der Waals surface area contributed by atoms with E-state index in [9.17, 15) is 17.6 Å². The van der Waals surface area contributed by atoms with Gasteiger partial charge >= 0.3 is 0 Å². The number of nitrogens with one attached hydrogen (secondary N) is 1. The van der Waals surface area contributed by atoms with Crippen molar-refractivity contribution in [2.45, 2.75) is 25.7 Å². The van der Waals surface area contributed by atoms with Gasteiger partial charge in [-0.05, 0) is 61.1 Å². The second kappa shape index (κ2) is 7.68. The molecule has 0 bridgehead atoms. The Kier molecular flexibility index (Phi) is 5.51. The lowest BCUT2D eigenvalue weighted by Crippen LogP contribution is -2.38. The summed E-state index contributed by atoms with van der Waals surface area (Å²) >= 11 is 0. The smallest absolute Gasteiger partial charge is 0.253 e. The summed E-state index contributed by atoms with van der Waals surface area (Å²) in [5, 5.41) is 0. The fourth-order valence-corrected chi connectivity index (χ4v) is 4.04. The van der Waals surface area contributed by atoms with E-state index in [2.05, 4.69) is 4.72 Å². The van der Waals surface area contributed by atoms with Gasteiger partial charge in [0.2, 0.25) is 10.0 Å². The van der Waals surface area contributed by atoms with Gasteiger partial charge in [0.05, 0.1) is 11.9 Å². The molecule has 0 aromatic heterocycles. The maximum atomic E-state index is 13.4. The molecule has 0 aliphatic carbocycles. The number of piperidine rings is 1. The minimum atomic E-state index is -3.41. The number of sulfonamides is 1. The fourth-order valence-electron chi connectivity index (χ4n) is 3.42. The molecule has 2 aromatic rings. The van der Waals surface area contributed by atoms with Crippen LogP contribution < -0.4 is 4.72 Å². The molecule has 1 heterocycles. The first-order valence-corrected chi connectivity index (χ1v) is 10.8. The molecule has 5 nitrogen and oxygen atoms in total. The maximum Gasteiger partial charge on any atom is 0.253 e. The highest BCUT2D eigenvalue weighted by atomic mass is 32.2. The highest BCUT2D eigenvalue weighted by Gasteiger charge is 2.25. The molecule has 2 aromatic carbocycles. The Morgan fingerprint density at radius 3 is 2.48 bits per heavy atom. The molecule has 0 saturated carbocycles. The number of carbonyl (C=O) groups is 1. The third-order valence-electron chi connectivity index (χ3n) is 4.88. The van der Waals surface area contributed by atoms with Crippen LogP contribution in [0.4, 0.5) is 10.1 Å². The van der Waals surface area contributed by atoms with Crippen LogP contribution in [0.3, 0.4) is 0 Å². The Balaban J connectivity index is 1.70. The Morgan fingerprint density at radius 1 is 1.15 bits per heavy atom. The fraction of sp³-hybridized carbons (Fsp3) is 0.350. The van der Waals surface area contributed by atoms with Crippen molar-refractivity contribution in [1.82, 2.24) is 4.90 Å². The zero-order chi connectivity index (χ0) is 19.6. The van der Waals surface area contributed by atoms with Crippen LogP contribution in [0.1, 0.15) is 40.2 Å². The molecule has 0 spiro atoms. The minimum absolute atomic E-state index is 0.121. The van der Waals surface area contributed by atoms with E-state index in [0.717, 1.165) is 30.2 Å². The van der Waals surface area contributed by atoms with Gasteiger partial charge in [-0.1, -0.05) is 18.2 Å². The van der Waals surface area contributed by atoms with Crippen molar-refractivity contribution in [3.05, 3.63) is 65.0 Å². The Labute approximate surface area is 159 Å². The summed E-state index contributed by atoms with van der Waals surface area (Å²) in [6.45, 7) is 2.96. The van der Waals surface area contributed by atoms with Crippen molar-refractivity contribution in [2.24, 2.45) is 0 Å². The van der Waals surface area contributed by atoms with E-state index in [4.69, 9.17) is 0 Å². The third-order valence-corrected chi connectivity index (χ3v) is 5.47. The number of hydrogen-bond donors (Lipinski definition) is 1. The predicted octanol–water partition coefficient (Wildman–Crippen LogP) is 3.53. The minimum Gasteiger partial charge on any atom is -0.339 e. The molecule has 0 atom stereocenters. The number of likely N-dealkylation sites (tertiary alicyclic amines) is 1. The standard InChI is InChI=1S/C20H23FN2O3S/c1-14-6-7-17(13-19(14)22-27(2,25)26)20(24)23-10-8-15(9-11-23)16-4-3-5-18(21)12-16/h3-7,12-13,15,22H,8-11H2,1-2H3. The quantitative estimate of drug-likeness (QED) is 0.869. The van der Waals surface area contributed by atoms with Crippen molar-refractivity contribution in [3.63, 3.8) is 0 Å². The lowest BCUT2D eigenvalue weighted by Gasteiger charge is -2.32. The maximum absolute atomic E-state index is 13.4. The van der Waals surface area contributed by atoms with Gasteiger partial charge in [0.1, 0.15) is 5.82 Å². The largest absolute Gasteiger partial charge is 0.339 e. The van der Waals surface area contributed by atoms with Crippen molar-refractivity contribution in [1.29, 1.82) is 0 Å². The van der Waals surface area contributed by atoms with Gasteiger partial charge in [0.15, 0.2) is 0 Å². The third kappa shape index (κ3) is 4.86. The first-order valence-electron chi connectivity index (χ1n) is 8.86. The van der Waals surface area contributed by atoms with E-state index in [1.54, 1.807) is 42.2 Å².